The summed E-state index contributed by atoms with van der Waals surface area (Å²) in [6, 6.07) is 13.7. The summed E-state index contributed by atoms with van der Waals surface area (Å²) in [5.74, 6) is 0.139. The van der Waals surface area contributed by atoms with Gasteiger partial charge in [0.2, 0.25) is 0 Å². The smallest absolute Gasteiger partial charge is 0.193 e. The summed E-state index contributed by atoms with van der Waals surface area (Å²) in [5, 5.41) is 9.13. The quantitative estimate of drug-likeness (QED) is 0.777. The maximum atomic E-state index is 12.0. The Balaban J connectivity index is 2.32. The van der Waals surface area contributed by atoms with E-state index in [2.05, 4.69) is 0 Å². The van der Waals surface area contributed by atoms with Gasteiger partial charge < -0.3 is 5.11 Å². The van der Waals surface area contributed by atoms with Gasteiger partial charge in [-0.05, 0) is 31.2 Å². The van der Waals surface area contributed by atoms with Gasteiger partial charge in [-0.2, -0.15) is 0 Å². The lowest BCUT2D eigenvalue weighted by atomic mass is 10.0. The maximum absolute atomic E-state index is 12.0. The Morgan fingerprint density at radius 1 is 0.875 bits per heavy atom. The average Bonchev–Trinajstić information content (AvgIpc) is 2.30. The fraction of sp³-hybridized carbons (Fsp3) is 0.0714. The van der Waals surface area contributed by atoms with Crippen molar-refractivity contribution in [1.82, 2.24) is 0 Å². The molecule has 0 spiro atoms. The number of aromatic hydroxyl groups is 1. The van der Waals surface area contributed by atoms with Gasteiger partial charge in [0.1, 0.15) is 5.75 Å². The fourth-order valence-electron chi connectivity index (χ4n) is 1.48. The van der Waals surface area contributed by atoms with Crippen LogP contribution in [0.4, 0.5) is 0 Å². The van der Waals surface area contributed by atoms with Gasteiger partial charge in [0.05, 0.1) is 0 Å². The third-order valence-corrected chi connectivity index (χ3v) is 2.44. The summed E-state index contributed by atoms with van der Waals surface area (Å²) in [4.78, 5) is 12.0. The lowest BCUT2D eigenvalue weighted by molar-refractivity contribution is 0.103. The highest BCUT2D eigenvalue weighted by atomic mass is 16.3. The fourth-order valence-corrected chi connectivity index (χ4v) is 1.48. The van der Waals surface area contributed by atoms with E-state index >= 15 is 0 Å². The second kappa shape index (κ2) is 4.19. The van der Waals surface area contributed by atoms with Crippen molar-refractivity contribution in [3.63, 3.8) is 0 Å². The lowest BCUT2D eigenvalue weighted by Gasteiger charge is -2.01. The minimum atomic E-state index is -0.0278. The first kappa shape index (κ1) is 10.4. The Morgan fingerprint density at radius 2 is 1.31 bits per heavy atom. The van der Waals surface area contributed by atoms with E-state index in [0.717, 1.165) is 5.56 Å². The maximum Gasteiger partial charge on any atom is 0.193 e. The lowest BCUT2D eigenvalue weighted by Crippen LogP contribution is -2.00. The summed E-state index contributed by atoms with van der Waals surface area (Å²) in [6.45, 7) is 1.98. The largest absolute Gasteiger partial charge is 0.508 e. The van der Waals surface area contributed by atoms with E-state index in [1.807, 2.05) is 31.2 Å². The van der Waals surface area contributed by atoms with Gasteiger partial charge in [0, 0.05) is 11.1 Å². The molecule has 2 heteroatoms. The van der Waals surface area contributed by atoms with Crippen molar-refractivity contribution in [3.8, 4) is 5.75 Å². The molecule has 0 aliphatic heterocycles. The van der Waals surface area contributed by atoms with E-state index in [1.54, 1.807) is 12.1 Å². The van der Waals surface area contributed by atoms with Crippen molar-refractivity contribution in [2.75, 3.05) is 0 Å². The highest BCUT2D eigenvalue weighted by Gasteiger charge is 2.07. The van der Waals surface area contributed by atoms with Crippen LogP contribution in [0, 0.1) is 6.92 Å². The van der Waals surface area contributed by atoms with Crippen LogP contribution in [0.1, 0.15) is 21.5 Å². The predicted molar refractivity (Wildman–Crippen MR) is 62.7 cm³/mol. The van der Waals surface area contributed by atoms with Crippen LogP contribution in [0.5, 0.6) is 5.75 Å². The molecule has 0 heterocycles. The number of carbonyl (C=O) groups is 1. The van der Waals surface area contributed by atoms with E-state index in [4.69, 9.17) is 5.11 Å². The van der Waals surface area contributed by atoms with Gasteiger partial charge in [-0.1, -0.05) is 29.8 Å². The number of carbonyl (C=O) groups excluding carboxylic acids is 1. The number of rotatable bonds is 2. The normalized spacial score (nSPS) is 10.1. The van der Waals surface area contributed by atoms with E-state index in [0.29, 0.717) is 11.1 Å². The van der Waals surface area contributed by atoms with Crippen molar-refractivity contribution in [2.24, 2.45) is 0 Å². The highest BCUT2D eigenvalue weighted by Crippen LogP contribution is 2.14. The molecule has 2 nitrogen and oxygen atoms in total. The molecule has 80 valence electrons. The summed E-state index contributed by atoms with van der Waals surface area (Å²) < 4.78 is 0. The molecule has 0 aliphatic carbocycles. The monoisotopic (exact) mass is 212 g/mol. The molecule has 2 rings (SSSR count). The SMILES string of the molecule is Cc1ccc(C(=O)c2ccc(O)cc2)cc1. The minimum Gasteiger partial charge on any atom is -0.508 e. The molecule has 1 N–H and O–H groups in total. The van der Waals surface area contributed by atoms with Crippen molar-refractivity contribution >= 4 is 5.78 Å². The topological polar surface area (TPSA) is 37.3 Å². The number of ketones is 1. The Morgan fingerprint density at radius 3 is 1.81 bits per heavy atom. The van der Waals surface area contributed by atoms with Gasteiger partial charge >= 0.3 is 0 Å². The third kappa shape index (κ3) is 2.11. The van der Waals surface area contributed by atoms with Gasteiger partial charge in [0.15, 0.2) is 5.78 Å². The molecule has 0 unspecified atom stereocenters. The van der Waals surface area contributed by atoms with E-state index in [-0.39, 0.29) is 11.5 Å². The van der Waals surface area contributed by atoms with Crippen LogP contribution in [0.25, 0.3) is 0 Å². The molecule has 2 aromatic rings. The van der Waals surface area contributed by atoms with E-state index < -0.39 is 0 Å². The van der Waals surface area contributed by atoms with E-state index in [9.17, 15) is 4.79 Å². The molecule has 0 amide bonds. The molecule has 16 heavy (non-hydrogen) atoms. The molecule has 0 atom stereocenters. The Kier molecular flexibility index (Phi) is 2.73. The van der Waals surface area contributed by atoms with E-state index in [1.165, 1.54) is 12.1 Å². The molecule has 0 aromatic heterocycles. The first-order valence-electron chi connectivity index (χ1n) is 5.07. The van der Waals surface area contributed by atoms with Crippen molar-refractivity contribution in [2.45, 2.75) is 6.92 Å². The molecule has 2 aromatic carbocycles. The van der Waals surface area contributed by atoms with Crippen molar-refractivity contribution < 1.29 is 9.90 Å². The van der Waals surface area contributed by atoms with Gasteiger partial charge in [0.25, 0.3) is 0 Å². The molecule has 0 aliphatic rings. The number of phenols is 1. The number of hydrogen-bond acceptors (Lipinski definition) is 2. The van der Waals surface area contributed by atoms with Gasteiger partial charge in [-0.15, -0.1) is 0 Å². The minimum absolute atomic E-state index is 0.0278. The predicted octanol–water partition coefficient (Wildman–Crippen LogP) is 2.93. The zero-order valence-corrected chi connectivity index (χ0v) is 8.97. The Hall–Kier alpha value is -2.09. The number of phenolic OH excluding ortho intramolecular Hbond substituents is 1. The zero-order chi connectivity index (χ0) is 11.5. The molecular formula is C14H12O2. The summed E-state index contributed by atoms with van der Waals surface area (Å²) in [7, 11) is 0. The van der Waals surface area contributed by atoms with Gasteiger partial charge in [-0.25, -0.2) is 0 Å². The van der Waals surface area contributed by atoms with Crippen molar-refractivity contribution in [1.29, 1.82) is 0 Å². The van der Waals surface area contributed by atoms with Gasteiger partial charge in [-0.3, -0.25) is 4.79 Å². The van der Waals surface area contributed by atoms with Crippen molar-refractivity contribution in [3.05, 3.63) is 65.2 Å². The Labute approximate surface area is 94.2 Å². The highest BCUT2D eigenvalue weighted by molar-refractivity contribution is 6.09. The van der Waals surface area contributed by atoms with Crippen LogP contribution in [0.15, 0.2) is 48.5 Å². The van der Waals surface area contributed by atoms with Crippen LogP contribution >= 0.6 is 0 Å². The molecule has 0 fully saturated rings. The van der Waals surface area contributed by atoms with Crippen LogP contribution in [-0.4, -0.2) is 10.9 Å². The zero-order valence-electron chi connectivity index (χ0n) is 8.97. The van der Waals surface area contributed by atoms with Crippen LogP contribution < -0.4 is 0 Å². The first-order valence-corrected chi connectivity index (χ1v) is 5.07. The first-order chi connectivity index (χ1) is 7.66. The van der Waals surface area contributed by atoms with Crippen LogP contribution in [-0.2, 0) is 0 Å². The summed E-state index contributed by atoms with van der Waals surface area (Å²) >= 11 is 0. The Bertz CT molecular complexity index is 448. The van der Waals surface area contributed by atoms with Crippen LogP contribution in [0.2, 0.25) is 0 Å². The number of benzene rings is 2. The second-order valence-electron chi connectivity index (χ2n) is 3.74. The summed E-state index contributed by atoms with van der Waals surface area (Å²) in [5.41, 5.74) is 2.38. The molecule has 0 radical (unpaired) electrons. The number of hydrogen-bond donors (Lipinski definition) is 1. The molecule has 0 saturated heterocycles. The molecular weight excluding hydrogens is 200 g/mol. The second-order valence-corrected chi connectivity index (χ2v) is 3.74. The van der Waals surface area contributed by atoms with Crippen LogP contribution in [0.3, 0.4) is 0 Å². The average molecular weight is 212 g/mol. The summed E-state index contributed by atoms with van der Waals surface area (Å²) in [6.07, 6.45) is 0. The molecule has 0 saturated carbocycles. The third-order valence-electron chi connectivity index (χ3n) is 2.44. The standard InChI is InChI=1S/C14H12O2/c1-10-2-4-11(5-3-10)14(16)12-6-8-13(15)9-7-12/h2-9,15H,1H3. The molecule has 0 bridgehead atoms. The number of aryl methyl sites for hydroxylation is 1.